The van der Waals surface area contributed by atoms with E-state index in [0.717, 1.165) is 34.9 Å². The Morgan fingerprint density at radius 1 is 0.851 bits per heavy atom. The van der Waals surface area contributed by atoms with Gasteiger partial charge in [0.05, 0.1) is 47.2 Å². The van der Waals surface area contributed by atoms with Crippen molar-refractivity contribution in [3.63, 3.8) is 0 Å². The average Bonchev–Trinajstić information content (AvgIpc) is 3.67. The molecular formula is C47H51N11O8S. The van der Waals surface area contributed by atoms with Crippen LogP contribution in [-0.2, 0) is 21.4 Å². The lowest BCUT2D eigenvalue weighted by molar-refractivity contribution is -0.138. The number of nitrogens with one attached hydrogen (secondary N) is 1. The van der Waals surface area contributed by atoms with E-state index in [4.69, 9.17) is 4.74 Å². The van der Waals surface area contributed by atoms with E-state index in [1.165, 1.54) is 21.7 Å². The highest BCUT2D eigenvalue weighted by molar-refractivity contribution is 7.92. The second-order valence-electron chi connectivity index (χ2n) is 16.9. The van der Waals surface area contributed by atoms with Gasteiger partial charge in [-0.2, -0.15) is 4.98 Å². The Labute approximate surface area is 387 Å². The van der Waals surface area contributed by atoms with Crippen molar-refractivity contribution in [2.24, 2.45) is 5.92 Å². The van der Waals surface area contributed by atoms with Crippen LogP contribution in [-0.4, -0.2) is 129 Å². The van der Waals surface area contributed by atoms with Crippen LogP contribution in [0.25, 0.3) is 17.1 Å². The first-order chi connectivity index (χ1) is 32.2. The van der Waals surface area contributed by atoms with Gasteiger partial charge in [0.25, 0.3) is 5.91 Å². The zero-order valence-corrected chi connectivity index (χ0v) is 38.3. The van der Waals surface area contributed by atoms with Gasteiger partial charge >= 0.3 is 6.01 Å². The van der Waals surface area contributed by atoms with E-state index in [1.54, 1.807) is 44.3 Å². The van der Waals surface area contributed by atoms with E-state index >= 15 is 0 Å². The number of aromatic hydroxyl groups is 3. The van der Waals surface area contributed by atoms with Crippen LogP contribution >= 0.6 is 0 Å². The van der Waals surface area contributed by atoms with Crippen molar-refractivity contribution < 1.29 is 38.1 Å². The molecule has 348 valence electrons. The summed E-state index contributed by atoms with van der Waals surface area (Å²) in [5.74, 6) is 0.423. The third-order valence-electron chi connectivity index (χ3n) is 12.5. The van der Waals surface area contributed by atoms with Gasteiger partial charge < -0.3 is 40.1 Å². The molecule has 0 unspecified atom stereocenters. The van der Waals surface area contributed by atoms with Gasteiger partial charge in [-0.05, 0) is 80.3 Å². The van der Waals surface area contributed by atoms with Gasteiger partial charge in [-0.15, -0.1) is 5.10 Å². The van der Waals surface area contributed by atoms with Crippen molar-refractivity contribution in [2.75, 3.05) is 78.6 Å². The average molecular weight is 930 g/mol. The summed E-state index contributed by atoms with van der Waals surface area (Å²) in [5, 5.41) is 42.2. The molecule has 3 aliphatic rings. The van der Waals surface area contributed by atoms with Crippen molar-refractivity contribution in [1.82, 2.24) is 34.5 Å². The normalized spacial score (nSPS) is 15.9. The maximum absolute atomic E-state index is 13.8. The number of amides is 2. The van der Waals surface area contributed by atoms with Crippen LogP contribution in [0.1, 0.15) is 41.3 Å². The molecule has 6 aromatic rings. The van der Waals surface area contributed by atoms with Crippen molar-refractivity contribution >= 4 is 56.4 Å². The molecule has 20 heteroatoms. The highest BCUT2D eigenvalue weighted by atomic mass is 32.2. The molecule has 2 saturated heterocycles. The van der Waals surface area contributed by atoms with Crippen LogP contribution in [0.5, 0.6) is 23.3 Å². The van der Waals surface area contributed by atoms with Gasteiger partial charge in [0.1, 0.15) is 22.9 Å². The molecule has 0 saturated carbocycles. The molecule has 0 atom stereocenters. The Morgan fingerprint density at radius 2 is 1.57 bits per heavy atom. The summed E-state index contributed by atoms with van der Waals surface area (Å²) in [6, 6.07) is 22.4. The molecular weight excluding hydrogens is 879 g/mol. The summed E-state index contributed by atoms with van der Waals surface area (Å²) < 4.78 is 35.0. The number of para-hydroxylation sites is 1. The number of ether oxygens (including phenoxy) is 1. The molecule has 0 spiro atoms. The summed E-state index contributed by atoms with van der Waals surface area (Å²) in [5.41, 5.74) is 4.70. The molecule has 2 fully saturated rings. The molecule has 5 heterocycles. The number of fused-ring (bicyclic) bond motifs is 2. The third kappa shape index (κ3) is 8.84. The van der Waals surface area contributed by atoms with Crippen LogP contribution in [0, 0.1) is 12.8 Å². The molecule has 4 N–H and O–H groups in total. The van der Waals surface area contributed by atoms with Crippen molar-refractivity contribution in [3.8, 4) is 40.3 Å². The fourth-order valence-electron chi connectivity index (χ4n) is 8.92. The highest BCUT2D eigenvalue weighted by Crippen LogP contribution is 2.42. The van der Waals surface area contributed by atoms with Crippen molar-refractivity contribution in [1.29, 1.82) is 0 Å². The molecule has 9 rings (SSSR count). The number of carbonyl (C=O) groups is 2. The van der Waals surface area contributed by atoms with E-state index in [-0.39, 0.29) is 69.8 Å². The molecule has 0 aliphatic carbocycles. The van der Waals surface area contributed by atoms with Crippen LogP contribution in [0.2, 0.25) is 0 Å². The van der Waals surface area contributed by atoms with Gasteiger partial charge in [-0.3, -0.25) is 14.5 Å². The summed E-state index contributed by atoms with van der Waals surface area (Å²) in [4.78, 5) is 44.2. The SMILES string of the molecule is CCOc1cc(N2CCC(C(=O)N3CCN(Cc4ccc(-n5c(O)nnc5-c5cc(C)c(O)cc5O)cc4)CC3)CC2)ccc1Nc1ncc2c(n1)N(S(C)(=O)=O)c1ccccc1C(=O)N2C. The first-order valence-electron chi connectivity index (χ1n) is 22.0. The Kier molecular flexibility index (Phi) is 12.1. The molecule has 2 aromatic heterocycles. The molecule has 4 aromatic carbocycles. The number of piperazine rings is 1. The fraction of sp³-hybridized carbons (Fsp3) is 0.319. The maximum Gasteiger partial charge on any atom is 0.319 e. The topological polar surface area (TPSA) is 223 Å². The number of anilines is 6. The predicted molar refractivity (Wildman–Crippen MR) is 252 cm³/mol. The lowest BCUT2D eigenvalue weighted by Gasteiger charge is -2.39. The van der Waals surface area contributed by atoms with Crippen LogP contribution in [0.4, 0.5) is 34.5 Å². The second kappa shape index (κ2) is 18.1. The molecule has 0 radical (unpaired) electrons. The van der Waals surface area contributed by atoms with Gasteiger partial charge in [0, 0.05) is 76.6 Å². The smallest absolute Gasteiger partial charge is 0.319 e. The summed E-state index contributed by atoms with van der Waals surface area (Å²) >= 11 is 0. The standard InChI is InChI=1S/C47H51N11O8S/c1-5-66-41-25-33(14-15-36(41)49-46-48-27-38-43(50-46)58(67(4,64)65)37-9-7-6-8-34(37)45(62)53(38)3)55-18-16-31(17-19-55)44(61)56-22-20-54(21-23-56)28-30-10-12-32(13-11-30)57-42(51-52-47(57)63)35-24-29(2)39(59)26-40(35)60/h6-15,24-27,31,59-60H,5,16-23,28H2,1-4H3,(H,52,63)(H,48,49,50). The minimum Gasteiger partial charge on any atom is -0.508 e. The minimum atomic E-state index is -3.93. The number of phenols is 2. The predicted octanol–water partition coefficient (Wildman–Crippen LogP) is 5.54. The first-order valence-corrected chi connectivity index (χ1v) is 23.8. The largest absolute Gasteiger partial charge is 0.508 e. The summed E-state index contributed by atoms with van der Waals surface area (Å²) in [7, 11) is -2.38. The van der Waals surface area contributed by atoms with E-state index < -0.39 is 10.0 Å². The zero-order valence-electron chi connectivity index (χ0n) is 37.5. The van der Waals surface area contributed by atoms with Crippen LogP contribution in [0.3, 0.4) is 0 Å². The van der Waals surface area contributed by atoms with Crippen molar-refractivity contribution in [3.05, 3.63) is 102 Å². The number of piperidine rings is 1. The molecule has 19 nitrogen and oxygen atoms in total. The number of benzene rings is 4. The molecule has 67 heavy (non-hydrogen) atoms. The Hall–Kier alpha value is -7.45. The fourth-order valence-corrected chi connectivity index (χ4v) is 9.89. The Balaban J connectivity index is 0.803. The minimum absolute atomic E-state index is 0.0337. The number of aromatic nitrogens is 5. The zero-order chi connectivity index (χ0) is 47.1. The van der Waals surface area contributed by atoms with Crippen LogP contribution < -0.4 is 24.2 Å². The van der Waals surface area contributed by atoms with E-state index in [9.17, 15) is 33.3 Å². The number of phenolic OH excluding ortho intramolecular Hbond substituents is 2. The molecule has 0 bridgehead atoms. The van der Waals surface area contributed by atoms with E-state index in [1.807, 2.05) is 54.3 Å². The number of sulfonamides is 1. The Bertz CT molecular complexity index is 2970. The highest BCUT2D eigenvalue weighted by Gasteiger charge is 2.36. The number of aryl methyl sites for hydroxylation is 1. The van der Waals surface area contributed by atoms with Gasteiger partial charge in [0.15, 0.2) is 11.6 Å². The van der Waals surface area contributed by atoms with Crippen LogP contribution in [0.15, 0.2) is 85.1 Å². The molecule has 3 aliphatic heterocycles. The van der Waals surface area contributed by atoms with Crippen molar-refractivity contribution in [2.45, 2.75) is 33.2 Å². The number of nitrogens with zero attached hydrogens (tertiary/aromatic N) is 10. The monoisotopic (exact) mass is 929 g/mol. The number of carbonyl (C=O) groups excluding carboxylic acids is 2. The van der Waals surface area contributed by atoms with Gasteiger partial charge in [-0.25, -0.2) is 22.3 Å². The van der Waals surface area contributed by atoms with Gasteiger partial charge in [-0.1, -0.05) is 29.4 Å². The van der Waals surface area contributed by atoms with Gasteiger partial charge in [0.2, 0.25) is 21.9 Å². The number of rotatable bonds is 11. The second-order valence-corrected chi connectivity index (χ2v) is 18.7. The van der Waals surface area contributed by atoms with E-state index in [0.29, 0.717) is 80.4 Å². The summed E-state index contributed by atoms with van der Waals surface area (Å²) in [6.07, 6.45) is 3.92. The lowest BCUT2D eigenvalue weighted by atomic mass is 9.94. The van der Waals surface area contributed by atoms with E-state index in [2.05, 4.69) is 35.3 Å². The number of hydrogen-bond acceptors (Lipinski definition) is 15. The molecule has 2 amide bonds. The summed E-state index contributed by atoms with van der Waals surface area (Å²) in [6.45, 7) is 8.80. The quantitative estimate of drug-likeness (QED) is 0.125. The third-order valence-corrected chi connectivity index (χ3v) is 13.5. The Morgan fingerprint density at radius 3 is 2.28 bits per heavy atom. The lowest BCUT2D eigenvalue weighted by Crippen LogP contribution is -2.51. The maximum atomic E-state index is 13.8. The number of hydrogen-bond donors (Lipinski definition) is 4. The first kappa shape index (κ1) is 44.7.